The van der Waals surface area contributed by atoms with Crippen LogP contribution in [0.25, 0.3) is 11.6 Å². The average molecular weight is 385 g/mol. The summed E-state index contributed by atoms with van der Waals surface area (Å²) < 4.78 is 10.7. The van der Waals surface area contributed by atoms with Gasteiger partial charge in [0.25, 0.3) is 5.91 Å². The summed E-state index contributed by atoms with van der Waals surface area (Å²) in [7, 11) is 1.35. The van der Waals surface area contributed by atoms with E-state index in [0.29, 0.717) is 23.5 Å². The fraction of sp³-hybridized carbons (Fsp3) is 0.0833. The van der Waals surface area contributed by atoms with Crippen LogP contribution in [0.15, 0.2) is 72.8 Å². The van der Waals surface area contributed by atoms with Gasteiger partial charge in [0.05, 0.1) is 12.7 Å². The van der Waals surface area contributed by atoms with Crippen LogP contribution in [0.4, 0.5) is 5.69 Å². The first kappa shape index (κ1) is 18.5. The van der Waals surface area contributed by atoms with E-state index in [-0.39, 0.29) is 11.9 Å². The molecule has 0 radical (unpaired) electrons. The SMILES string of the molecule is COC(=O)c1ccc(COc2ccccc2/C=C2\C(=O)Nc3ccccc32)cc1. The maximum atomic E-state index is 12.4. The lowest BCUT2D eigenvalue weighted by Crippen LogP contribution is -2.04. The van der Waals surface area contributed by atoms with Gasteiger partial charge in [-0.15, -0.1) is 0 Å². The number of esters is 1. The van der Waals surface area contributed by atoms with E-state index in [9.17, 15) is 9.59 Å². The van der Waals surface area contributed by atoms with Crippen LogP contribution in [-0.2, 0) is 16.1 Å². The highest BCUT2D eigenvalue weighted by molar-refractivity contribution is 6.35. The van der Waals surface area contributed by atoms with Crippen LogP contribution in [0.3, 0.4) is 0 Å². The van der Waals surface area contributed by atoms with Gasteiger partial charge in [0.1, 0.15) is 12.4 Å². The Hall–Kier alpha value is -3.86. The number of amides is 1. The van der Waals surface area contributed by atoms with E-state index < -0.39 is 0 Å². The third-order valence-electron chi connectivity index (χ3n) is 4.70. The normalized spacial score (nSPS) is 13.7. The van der Waals surface area contributed by atoms with Crippen LogP contribution in [0.5, 0.6) is 5.75 Å². The lowest BCUT2D eigenvalue weighted by Gasteiger charge is -2.10. The smallest absolute Gasteiger partial charge is 0.337 e. The summed E-state index contributed by atoms with van der Waals surface area (Å²) in [6.45, 7) is 0.338. The molecule has 0 unspecified atom stereocenters. The van der Waals surface area contributed by atoms with Crippen molar-refractivity contribution in [1.82, 2.24) is 0 Å². The predicted octanol–water partition coefficient (Wildman–Crippen LogP) is 4.54. The molecule has 5 nitrogen and oxygen atoms in total. The molecule has 0 saturated carbocycles. The van der Waals surface area contributed by atoms with Gasteiger partial charge in [-0.05, 0) is 35.9 Å². The van der Waals surface area contributed by atoms with Gasteiger partial charge < -0.3 is 14.8 Å². The quantitative estimate of drug-likeness (QED) is 0.517. The zero-order valence-corrected chi connectivity index (χ0v) is 15.8. The van der Waals surface area contributed by atoms with E-state index in [1.54, 1.807) is 12.1 Å². The molecule has 0 aliphatic carbocycles. The number of rotatable bonds is 5. The van der Waals surface area contributed by atoms with E-state index in [1.165, 1.54) is 7.11 Å². The summed E-state index contributed by atoms with van der Waals surface area (Å²) in [4.78, 5) is 23.9. The molecule has 3 aromatic carbocycles. The van der Waals surface area contributed by atoms with Gasteiger partial charge in [0.15, 0.2) is 0 Å². The Kier molecular flexibility index (Phi) is 5.12. The molecule has 29 heavy (non-hydrogen) atoms. The summed E-state index contributed by atoms with van der Waals surface area (Å²) >= 11 is 0. The molecule has 0 saturated heterocycles. The van der Waals surface area contributed by atoms with Crippen molar-refractivity contribution in [3.63, 3.8) is 0 Å². The summed E-state index contributed by atoms with van der Waals surface area (Å²) in [5.74, 6) is 0.179. The van der Waals surface area contributed by atoms with Gasteiger partial charge in [-0.3, -0.25) is 4.79 Å². The first-order valence-electron chi connectivity index (χ1n) is 9.17. The van der Waals surface area contributed by atoms with Crippen molar-refractivity contribution < 1.29 is 19.1 Å². The van der Waals surface area contributed by atoms with Gasteiger partial charge in [-0.1, -0.05) is 48.5 Å². The van der Waals surface area contributed by atoms with Crippen molar-refractivity contribution in [3.8, 4) is 5.75 Å². The van der Waals surface area contributed by atoms with Crippen molar-refractivity contribution in [2.45, 2.75) is 6.61 Å². The zero-order chi connectivity index (χ0) is 20.2. The van der Waals surface area contributed by atoms with E-state index in [4.69, 9.17) is 9.47 Å². The number of hydrogen-bond donors (Lipinski definition) is 1. The summed E-state index contributed by atoms with van der Waals surface area (Å²) in [6.07, 6.45) is 1.84. The second-order valence-electron chi connectivity index (χ2n) is 6.57. The molecule has 0 fully saturated rings. The van der Waals surface area contributed by atoms with Gasteiger partial charge in [0, 0.05) is 22.4 Å². The minimum absolute atomic E-state index is 0.126. The number of anilines is 1. The Morgan fingerprint density at radius 2 is 1.69 bits per heavy atom. The number of benzene rings is 3. The number of fused-ring (bicyclic) bond motifs is 1. The van der Waals surface area contributed by atoms with Crippen molar-refractivity contribution in [2.24, 2.45) is 0 Å². The predicted molar refractivity (Wildman–Crippen MR) is 111 cm³/mol. The minimum Gasteiger partial charge on any atom is -0.488 e. The zero-order valence-electron chi connectivity index (χ0n) is 15.8. The number of methoxy groups -OCH3 is 1. The van der Waals surface area contributed by atoms with E-state index in [2.05, 4.69) is 5.32 Å². The average Bonchev–Trinajstić information content (AvgIpc) is 3.08. The second-order valence-corrected chi connectivity index (χ2v) is 6.57. The molecule has 0 atom stereocenters. The van der Waals surface area contributed by atoms with E-state index in [1.807, 2.05) is 66.7 Å². The topological polar surface area (TPSA) is 64.6 Å². The molecule has 1 aliphatic rings. The number of para-hydroxylation sites is 2. The Labute approximate surface area is 168 Å². The Bertz CT molecular complexity index is 1100. The molecule has 1 amide bonds. The number of nitrogens with one attached hydrogen (secondary N) is 1. The third-order valence-corrected chi connectivity index (χ3v) is 4.70. The summed E-state index contributed by atoms with van der Waals surface area (Å²) in [5, 5.41) is 2.88. The Balaban J connectivity index is 1.55. The second kappa shape index (κ2) is 8.02. The van der Waals surface area contributed by atoms with Crippen molar-refractivity contribution in [1.29, 1.82) is 0 Å². The molecule has 1 aliphatic heterocycles. The lowest BCUT2D eigenvalue weighted by molar-refractivity contribution is -0.110. The van der Waals surface area contributed by atoms with Crippen molar-refractivity contribution in [2.75, 3.05) is 12.4 Å². The fourth-order valence-electron chi connectivity index (χ4n) is 3.18. The van der Waals surface area contributed by atoms with Crippen molar-refractivity contribution in [3.05, 3.63) is 95.1 Å². The maximum Gasteiger partial charge on any atom is 0.337 e. The van der Waals surface area contributed by atoms with Gasteiger partial charge in [-0.2, -0.15) is 0 Å². The molecular formula is C24H19NO4. The molecule has 0 aromatic heterocycles. The minimum atomic E-state index is -0.371. The fourth-order valence-corrected chi connectivity index (χ4v) is 3.18. The molecule has 0 bridgehead atoms. The molecule has 4 rings (SSSR count). The molecular weight excluding hydrogens is 366 g/mol. The molecule has 0 spiro atoms. The first-order chi connectivity index (χ1) is 14.2. The standard InChI is InChI=1S/C24H19NO4/c1-28-24(27)17-12-10-16(11-13-17)15-29-22-9-5-2-6-18(22)14-20-19-7-3-4-8-21(19)25-23(20)26/h2-14H,15H2,1H3,(H,25,26)/b20-14-. The van der Waals surface area contributed by atoms with Gasteiger partial charge in [-0.25, -0.2) is 4.79 Å². The number of carbonyl (C=O) groups is 2. The van der Waals surface area contributed by atoms with Gasteiger partial charge >= 0.3 is 5.97 Å². The summed E-state index contributed by atoms with van der Waals surface area (Å²) in [6, 6.07) is 22.3. The van der Waals surface area contributed by atoms with Crippen LogP contribution >= 0.6 is 0 Å². The Morgan fingerprint density at radius 3 is 2.48 bits per heavy atom. The van der Waals surface area contributed by atoms with Gasteiger partial charge in [0.2, 0.25) is 0 Å². The van der Waals surface area contributed by atoms with Crippen LogP contribution in [0, 0.1) is 0 Å². The number of carbonyl (C=O) groups excluding carboxylic acids is 2. The summed E-state index contributed by atoms with van der Waals surface area (Å²) in [5.41, 5.74) is 4.54. The highest BCUT2D eigenvalue weighted by atomic mass is 16.5. The first-order valence-corrected chi connectivity index (χ1v) is 9.17. The van der Waals surface area contributed by atoms with Crippen LogP contribution in [0.1, 0.15) is 27.0 Å². The number of ether oxygens (including phenoxy) is 2. The highest BCUT2D eigenvalue weighted by Crippen LogP contribution is 2.34. The largest absolute Gasteiger partial charge is 0.488 e. The molecule has 1 heterocycles. The van der Waals surface area contributed by atoms with Crippen LogP contribution in [-0.4, -0.2) is 19.0 Å². The lowest BCUT2D eigenvalue weighted by atomic mass is 10.0. The van der Waals surface area contributed by atoms with Crippen LogP contribution in [0.2, 0.25) is 0 Å². The molecule has 1 N–H and O–H groups in total. The van der Waals surface area contributed by atoms with Crippen LogP contribution < -0.4 is 10.1 Å². The number of hydrogen-bond acceptors (Lipinski definition) is 4. The molecule has 144 valence electrons. The highest BCUT2D eigenvalue weighted by Gasteiger charge is 2.23. The monoisotopic (exact) mass is 385 g/mol. The maximum absolute atomic E-state index is 12.4. The Morgan fingerprint density at radius 1 is 0.966 bits per heavy atom. The van der Waals surface area contributed by atoms with E-state index in [0.717, 1.165) is 22.4 Å². The van der Waals surface area contributed by atoms with E-state index >= 15 is 0 Å². The molecule has 5 heteroatoms. The molecule has 3 aromatic rings. The third kappa shape index (κ3) is 3.89. The van der Waals surface area contributed by atoms with Crippen molar-refractivity contribution >= 4 is 29.2 Å².